The lowest BCUT2D eigenvalue weighted by Crippen LogP contribution is -2.47. The predicted molar refractivity (Wildman–Crippen MR) is 131 cm³/mol. The van der Waals surface area contributed by atoms with Gasteiger partial charge in [0, 0.05) is 62.6 Å². The van der Waals surface area contributed by atoms with E-state index in [-0.39, 0.29) is 23.5 Å². The van der Waals surface area contributed by atoms with E-state index in [1.54, 1.807) is 4.90 Å². The van der Waals surface area contributed by atoms with Gasteiger partial charge in [-0.25, -0.2) is 4.79 Å². The standard InChI is InChI=1S/C25H37ClN4O3/c1-24(2,3)33-23(32)30-11-8-25(9-12-30)18-20(27-22(25)31)7-10-28-13-15-29(16-14-28)21-6-4-5-19(26)17-21/h4-6,17,20H,7-16,18H2,1-3H3,(H,27,31)/t20-/m0/s1. The summed E-state index contributed by atoms with van der Waals surface area (Å²) >= 11 is 6.14. The van der Waals surface area contributed by atoms with Gasteiger partial charge in [0.05, 0.1) is 5.41 Å². The number of carbonyl (C=O) groups excluding carboxylic acids is 2. The summed E-state index contributed by atoms with van der Waals surface area (Å²) in [6.45, 7) is 11.8. The summed E-state index contributed by atoms with van der Waals surface area (Å²) in [5.41, 5.74) is 0.362. The number of rotatable bonds is 4. The van der Waals surface area contributed by atoms with Crippen molar-refractivity contribution in [1.82, 2.24) is 15.1 Å². The molecule has 4 rings (SSSR count). The van der Waals surface area contributed by atoms with Gasteiger partial charge in [0.1, 0.15) is 5.60 Å². The molecule has 0 radical (unpaired) electrons. The first kappa shape index (κ1) is 24.1. The summed E-state index contributed by atoms with van der Waals surface area (Å²) in [5, 5.41) is 4.03. The number of ether oxygens (including phenoxy) is 1. The van der Waals surface area contributed by atoms with E-state index in [4.69, 9.17) is 16.3 Å². The summed E-state index contributed by atoms with van der Waals surface area (Å²) < 4.78 is 5.49. The fraction of sp³-hybridized carbons (Fsp3) is 0.680. The smallest absolute Gasteiger partial charge is 0.410 e. The third-order valence-corrected chi connectivity index (χ3v) is 7.40. The maximum Gasteiger partial charge on any atom is 0.410 e. The number of amides is 2. The second-order valence-corrected chi connectivity index (χ2v) is 11.2. The molecule has 3 aliphatic heterocycles. The van der Waals surface area contributed by atoms with E-state index in [0.717, 1.165) is 50.6 Å². The molecule has 1 spiro atoms. The van der Waals surface area contributed by atoms with Crippen LogP contribution >= 0.6 is 11.6 Å². The molecule has 0 saturated carbocycles. The Morgan fingerprint density at radius 1 is 1.15 bits per heavy atom. The summed E-state index contributed by atoms with van der Waals surface area (Å²) in [6.07, 6.45) is 3.00. The molecule has 3 saturated heterocycles. The van der Waals surface area contributed by atoms with E-state index >= 15 is 0 Å². The zero-order valence-corrected chi connectivity index (χ0v) is 20.9. The molecule has 3 aliphatic rings. The molecule has 3 fully saturated rings. The summed E-state index contributed by atoms with van der Waals surface area (Å²) in [6, 6.07) is 8.27. The lowest BCUT2D eigenvalue weighted by Gasteiger charge is -2.38. The van der Waals surface area contributed by atoms with Gasteiger partial charge in [-0.1, -0.05) is 17.7 Å². The number of piperazine rings is 1. The van der Waals surface area contributed by atoms with Gasteiger partial charge >= 0.3 is 6.09 Å². The normalized spacial score (nSPS) is 23.6. The number of halogens is 1. The number of carbonyl (C=O) groups is 2. The van der Waals surface area contributed by atoms with Crippen LogP contribution < -0.4 is 10.2 Å². The molecule has 1 atom stereocenters. The van der Waals surface area contributed by atoms with Gasteiger partial charge in [-0.2, -0.15) is 0 Å². The minimum Gasteiger partial charge on any atom is -0.444 e. The molecule has 0 aromatic heterocycles. The highest BCUT2D eigenvalue weighted by atomic mass is 35.5. The Balaban J connectivity index is 1.21. The van der Waals surface area contributed by atoms with E-state index in [9.17, 15) is 9.59 Å². The zero-order valence-electron chi connectivity index (χ0n) is 20.1. The van der Waals surface area contributed by atoms with Crippen LogP contribution in [-0.2, 0) is 9.53 Å². The van der Waals surface area contributed by atoms with E-state index < -0.39 is 5.60 Å². The van der Waals surface area contributed by atoms with Crippen LogP contribution in [0.5, 0.6) is 0 Å². The van der Waals surface area contributed by atoms with Crippen molar-refractivity contribution in [1.29, 1.82) is 0 Å². The van der Waals surface area contributed by atoms with Crippen LogP contribution in [0.4, 0.5) is 10.5 Å². The monoisotopic (exact) mass is 476 g/mol. The van der Waals surface area contributed by atoms with Gasteiger partial charge in [-0.05, 0) is 64.7 Å². The Kier molecular flexibility index (Phi) is 7.10. The van der Waals surface area contributed by atoms with E-state index in [2.05, 4.69) is 21.2 Å². The van der Waals surface area contributed by atoms with Crippen LogP contribution in [0.25, 0.3) is 0 Å². The molecule has 1 N–H and O–H groups in total. The molecule has 3 heterocycles. The highest BCUT2D eigenvalue weighted by Crippen LogP contribution is 2.41. The van der Waals surface area contributed by atoms with Gasteiger partial charge in [0.2, 0.25) is 5.91 Å². The zero-order chi connectivity index (χ0) is 23.6. The lowest BCUT2D eigenvalue weighted by atomic mass is 9.76. The fourth-order valence-corrected chi connectivity index (χ4v) is 5.43. The maximum absolute atomic E-state index is 12.9. The number of piperidine rings is 1. The molecule has 2 amide bonds. The van der Waals surface area contributed by atoms with Crippen molar-refractivity contribution in [2.45, 2.75) is 58.1 Å². The molecule has 8 heteroatoms. The number of likely N-dealkylation sites (tertiary alicyclic amines) is 1. The van der Waals surface area contributed by atoms with Crippen LogP contribution in [0.1, 0.15) is 46.5 Å². The first-order chi connectivity index (χ1) is 15.6. The molecule has 0 unspecified atom stereocenters. The molecule has 1 aromatic rings. The van der Waals surface area contributed by atoms with Gasteiger partial charge in [0.15, 0.2) is 0 Å². The number of anilines is 1. The number of benzene rings is 1. The highest BCUT2D eigenvalue weighted by molar-refractivity contribution is 6.30. The average Bonchev–Trinajstić information content (AvgIpc) is 3.06. The molecular formula is C25H37ClN4O3. The second kappa shape index (κ2) is 9.71. The summed E-state index contributed by atoms with van der Waals surface area (Å²) in [5.74, 6) is 0.169. The predicted octanol–water partition coefficient (Wildman–Crippen LogP) is 3.76. The van der Waals surface area contributed by atoms with Crippen molar-refractivity contribution < 1.29 is 14.3 Å². The van der Waals surface area contributed by atoms with Crippen molar-refractivity contribution in [2.24, 2.45) is 5.41 Å². The summed E-state index contributed by atoms with van der Waals surface area (Å²) in [4.78, 5) is 31.8. The molecule has 182 valence electrons. The van der Waals surface area contributed by atoms with Crippen molar-refractivity contribution in [2.75, 3.05) is 50.7 Å². The van der Waals surface area contributed by atoms with Crippen LogP contribution in [-0.4, -0.2) is 79.3 Å². The largest absolute Gasteiger partial charge is 0.444 e. The Bertz CT molecular complexity index is 855. The Morgan fingerprint density at radius 3 is 2.48 bits per heavy atom. The maximum atomic E-state index is 12.9. The fourth-order valence-electron chi connectivity index (χ4n) is 5.24. The quantitative estimate of drug-likeness (QED) is 0.716. The Labute approximate surface area is 202 Å². The topological polar surface area (TPSA) is 65.1 Å². The van der Waals surface area contributed by atoms with Crippen molar-refractivity contribution in [3.8, 4) is 0 Å². The van der Waals surface area contributed by atoms with Gasteiger partial charge < -0.3 is 19.9 Å². The third-order valence-electron chi connectivity index (χ3n) is 7.17. The van der Waals surface area contributed by atoms with Crippen LogP contribution in [0.3, 0.4) is 0 Å². The molecule has 0 bridgehead atoms. The van der Waals surface area contributed by atoms with E-state index in [1.165, 1.54) is 5.69 Å². The number of hydrogen-bond acceptors (Lipinski definition) is 5. The first-order valence-corrected chi connectivity index (χ1v) is 12.5. The Hall–Kier alpha value is -1.99. The van der Waals surface area contributed by atoms with Crippen molar-refractivity contribution in [3.05, 3.63) is 29.3 Å². The SMILES string of the molecule is CC(C)(C)OC(=O)N1CCC2(CC1)C[C@H](CCN1CCN(c3cccc(Cl)c3)CC1)NC2=O. The Morgan fingerprint density at radius 2 is 1.85 bits per heavy atom. The van der Waals surface area contributed by atoms with Crippen LogP contribution in [0, 0.1) is 5.41 Å². The third kappa shape index (κ3) is 5.93. The number of nitrogens with one attached hydrogen (secondary N) is 1. The second-order valence-electron chi connectivity index (χ2n) is 10.7. The van der Waals surface area contributed by atoms with Crippen molar-refractivity contribution in [3.63, 3.8) is 0 Å². The van der Waals surface area contributed by atoms with E-state index in [1.807, 2.05) is 39.0 Å². The van der Waals surface area contributed by atoms with Crippen LogP contribution in [0.15, 0.2) is 24.3 Å². The van der Waals surface area contributed by atoms with Gasteiger partial charge in [-0.3, -0.25) is 9.69 Å². The molecule has 1 aromatic carbocycles. The number of nitrogens with zero attached hydrogens (tertiary/aromatic N) is 3. The molecule has 7 nitrogen and oxygen atoms in total. The lowest BCUT2D eigenvalue weighted by molar-refractivity contribution is -0.130. The molecule has 0 aliphatic carbocycles. The van der Waals surface area contributed by atoms with Gasteiger partial charge in [-0.15, -0.1) is 0 Å². The number of hydrogen-bond donors (Lipinski definition) is 1. The van der Waals surface area contributed by atoms with Crippen LogP contribution in [0.2, 0.25) is 5.02 Å². The minimum atomic E-state index is -0.498. The van der Waals surface area contributed by atoms with Gasteiger partial charge in [0.25, 0.3) is 0 Å². The molecule has 33 heavy (non-hydrogen) atoms. The van der Waals surface area contributed by atoms with Crippen molar-refractivity contribution >= 4 is 29.3 Å². The first-order valence-electron chi connectivity index (χ1n) is 12.2. The van der Waals surface area contributed by atoms with E-state index in [0.29, 0.717) is 25.9 Å². The average molecular weight is 477 g/mol. The molecular weight excluding hydrogens is 440 g/mol. The highest BCUT2D eigenvalue weighted by Gasteiger charge is 2.49. The minimum absolute atomic E-state index is 0.169. The summed E-state index contributed by atoms with van der Waals surface area (Å²) in [7, 11) is 0.